The minimum atomic E-state index is -4.62. The molecule has 0 spiro atoms. The summed E-state index contributed by atoms with van der Waals surface area (Å²) in [5.41, 5.74) is -0.768. The number of alkyl halides is 3. The van der Waals surface area contributed by atoms with Crippen molar-refractivity contribution >= 4 is 34.1 Å². The lowest BCUT2D eigenvalue weighted by Crippen LogP contribution is -2.18. The van der Waals surface area contributed by atoms with E-state index in [0.29, 0.717) is 15.9 Å². The Morgan fingerprint density at radius 3 is 2.58 bits per heavy atom. The summed E-state index contributed by atoms with van der Waals surface area (Å²) in [7, 11) is 0. The first-order chi connectivity index (χ1) is 11.4. The van der Waals surface area contributed by atoms with Crippen LogP contribution in [0.15, 0.2) is 54.7 Å². The topological polar surface area (TPSA) is 42.0 Å². The van der Waals surface area contributed by atoms with Crippen LogP contribution < -0.4 is 5.32 Å². The summed E-state index contributed by atoms with van der Waals surface area (Å²) < 4.78 is 39.2. The SMILES string of the molecule is O=C(Nc1cc(Cl)cc2cccnc12)c1ccccc1C(F)(F)F. The smallest absolute Gasteiger partial charge is 0.320 e. The molecule has 3 rings (SSSR count). The van der Waals surface area contributed by atoms with Gasteiger partial charge in [-0.1, -0.05) is 29.8 Å². The zero-order chi connectivity index (χ0) is 17.3. The Labute approximate surface area is 140 Å². The lowest BCUT2D eigenvalue weighted by Gasteiger charge is -2.13. The molecule has 122 valence electrons. The molecule has 0 aliphatic carbocycles. The summed E-state index contributed by atoms with van der Waals surface area (Å²) in [6.45, 7) is 0. The van der Waals surface area contributed by atoms with Crippen molar-refractivity contribution in [1.29, 1.82) is 0 Å². The molecule has 3 aromatic rings. The van der Waals surface area contributed by atoms with Gasteiger partial charge < -0.3 is 5.32 Å². The van der Waals surface area contributed by atoms with E-state index in [-0.39, 0.29) is 5.69 Å². The minimum absolute atomic E-state index is 0.250. The number of rotatable bonds is 2. The van der Waals surface area contributed by atoms with Crippen molar-refractivity contribution in [1.82, 2.24) is 4.98 Å². The van der Waals surface area contributed by atoms with Crippen LogP contribution in [-0.4, -0.2) is 10.9 Å². The number of anilines is 1. The van der Waals surface area contributed by atoms with E-state index < -0.39 is 23.2 Å². The largest absolute Gasteiger partial charge is 0.417 e. The molecule has 0 aliphatic rings. The first-order valence-electron chi connectivity index (χ1n) is 6.88. The van der Waals surface area contributed by atoms with Crippen LogP contribution in [0.1, 0.15) is 15.9 Å². The number of fused-ring (bicyclic) bond motifs is 1. The second-order valence-electron chi connectivity index (χ2n) is 5.03. The summed E-state index contributed by atoms with van der Waals surface area (Å²) in [5.74, 6) is -0.878. The first kappa shape index (κ1) is 16.3. The third-order valence-electron chi connectivity index (χ3n) is 3.39. The van der Waals surface area contributed by atoms with Crippen LogP contribution in [0.25, 0.3) is 10.9 Å². The first-order valence-corrected chi connectivity index (χ1v) is 7.26. The van der Waals surface area contributed by atoms with Gasteiger partial charge in [0.25, 0.3) is 5.91 Å². The van der Waals surface area contributed by atoms with E-state index in [0.717, 1.165) is 12.1 Å². The third-order valence-corrected chi connectivity index (χ3v) is 3.61. The van der Waals surface area contributed by atoms with Crippen LogP contribution in [-0.2, 0) is 6.18 Å². The minimum Gasteiger partial charge on any atom is -0.320 e. The fourth-order valence-corrected chi connectivity index (χ4v) is 2.60. The molecule has 1 amide bonds. The molecular formula is C17H10ClF3N2O. The standard InChI is InChI=1S/C17H10ClF3N2O/c18-11-8-10-4-3-7-22-15(10)14(9-11)23-16(24)12-5-1-2-6-13(12)17(19,20)21/h1-9H,(H,23,24). The maximum absolute atomic E-state index is 13.1. The molecule has 0 fully saturated rings. The van der Waals surface area contributed by atoms with Crippen molar-refractivity contribution in [2.24, 2.45) is 0 Å². The van der Waals surface area contributed by atoms with E-state index in [1.54, 1.807) is 18.2 Å². The third kappa shape index (κ3) is 3.19. The number of nitrogens with zero attached hydrogens (tertiary/aromatic N) is 1. The quantitative estimate of drug-likeness (QED) is 0.693. The summed E-state index contributed by atoms with van der Waals surface area (Å²) in [4.78, 5) is 16.5. The fourth-order valence-electron chi connectivity index (χ4n) is 2.37. The maximum Gasteiger partial charge on any atom is 0.417 e. The Kier molecular flexibility index (Phi) is 4.15. The molecule has 0 saturated heterocycles. The lowest BCUT2D eigenvalue weighted by molar-refractivity contribution is -0.137. The Bertz CT molecular complexity index is 925. The molecule has 24 heavy (non-hydrogen) atoms. The molecule has 0 saturated carbocycles. The average molecular weight is 351 g/mol. The molecule has 0 unspecified atom stereocenters. The van der Waals surface area contributed by atoms with Gasteiger partial charge in [0.05, 0.1) is 22.3 Å². The van der Waals surface area contributed by atoms with E-state index >= 15 is 0 Å². The van der Waals surface area contributed by atoms with Crippen molar-refractivity contribution < 1.29 is 18.0 Å². The van der Waals surface area contributed by atoms with Gasteiger partial charge in [0, 0.05) is 16.6 Å². The Balaban J connectivity index is 2.03. The van der Waals surface area contributed by atoms with Crippen LogP contribution in [0.3, 0.4) is 0 Å². The fraction of sp³-hybridized carbons (Fsp3) is 0.0588. The van der Waals surface area contributed by atoms with Crippen LogP contribution in [0.5, 0.6) is 0 Å². The van der Waals surface area contributed by atoms with Crippen molar-refractivity contribution in [3.63, 3.8) is 0 Å². The number of aromatic nitrogens is 1. The number of amides is 1. The van der Waals surface area contributed by atoms with Crippen LogP contribution in [0, 0.1) is 0 Å². The van der Waals surface area contributed by atoms with Crippen molar-refractivity contribution in [3.8, 4) is 0 Å². The summed E-state index contributed by atoms with van der Waals surface area (Å²) in [5, 5.41) is 3.48. The van der Waals surface area contributed by atoms with Crippen molar-refractivity contribution in [3.05, 3.63) is 70.9 Å². The second-order valence-corrected chi connectivity index (χ2v) is 5.46. The van der Waals surface area contributed by atoms with E-state index in [2.05, 4.69) is 10.3 Å². The van der Waals surface area contributed by atoms with Gasteiger partial charge in [0.2, 0.25) is 0 Å². The van der Waals surface area contributed by atoms with Gasteiger partial charge in [-0.25, -0.2) is 0 Å². The summed E-state index contributed by atoms with van der Waals surface area (Å²) >= 11 is 6.00. The van der Waals surface area contributed by atoms with Crippen molar-refractivity contribution in [2.75, 3.05) is 5.32 Å². The van der Waals surface area contributed by atoms with E-state index in [9.17, 15) is 18.0 Å². The predicted octanol–water partition coefficient (Wildman–Crippen LogP) is 5.16. The van der Waals surface area contributed by atoms with Crippen LogP contribution in [0.2, 0.25) is 5.02 Å². The maximum atomic E-state index is 13.1. The molecule has 1 aromatic heterocycles. The molecule has 3 nitrogen and oxygen atoms in total. The van der Waals surface area contributed by atoms with E-state index in [1.807, 2.05) is 0 Å². The van der Waals surface area contributed by atoms with Gasteiger partial charge in [-0.15, -0.1) is 0 Å². The number of carbonyl (C=O) groups excluding carboxylic acids is 1. The zero-order valence-electron chi connectivity index (χ0n) is 12.1. The number of pyridine rings is 1. The van der Waals surface area contributed by atoms with Gasteiger partial charge in [-0.05, 0) is 30.3 Å². The highest BCUT2D eigenvalue weighted by Crippen LogP contribution is 2.33. The zero-order valence-corrected chi connectivity index (χ0v) is 12.8. The molecule has 7 heteroatoms. The predicted molar refractivity (Wildman–Crippen MR) is 86.2 cm³/mol. The number of carbonyl (C=O) groups is 1. The summed E-state index contributed by atoms with van der Waals surface area (Å²) in [6.07, 6.45) is -3.10. The number of benzene rings is 2. The highest BCUT2D eigenvalue weighted by atomic mass is 35.5. The lowest BCUT2D eigenvalue weighted by atomic mass is 10.1. The normalized spacial score (nSPS) is 11.5. The Morgan fingerprint density at radius 2 is 1.83 bits per heavy atom. The number of hydrogen-bond donors (Lipinski definition) is 1. The highest BCUT2D eigenvalue weighted by Gasteiger charge is 2.34. The second kappa shape index (κ2) is 6.13. The van der Waals surface area contributed by atoms with Gasteiger partial charge in [0.15, 0.2) is 0 Å². The molecule has 1 N–H and O–H groups in total. The number of hydrogen-bond acceptors (Lipinski definition) is 2. The Hall–Kier alpha value is -2.60. The van der Waals surface area contributed by atoms with Gasteiger partial charge >= 0.3 is 6.18 Å². The van der Waals surface area contributed by atoms with Gasteiger partial charge in [-0.3, -0.25) is 9.78 Å². The van der Waals surface area contributed by atoms with Crippen LogP contribution in [0.4, 0.5) is 18.9 Å². The molecular weight excluding hydrogens is 341 g/mol. The molecule has 1 heterocycles. The van der Waals surface area contributed by atoms with Crippen molar-refractivity contribution in [2.45, 2.75) is 6.18 Å². The number of halogens is 4. The highest BCUT2D eigenvalue weighted by molar-refractivity contribution is 6.32. The molecule has 0 atom stereocenters. The van der Waals surface area contributed by atoms with Gasteiger partial charge in [-0.2, -0.15) is 13.2 Å². The monoisotopic (exact) mass is 350 g/mol. The van der Waals surface area contributed by atoms with E-state index in [1.165, 1.54) is 24.4 Å². The molecule has 0 radical (unpaired) electrons. The van der Waals surface area contributed by atoms with E-state index in [4.69, 9.17) is 11.6 Å². The molecule has 2 aromatic carbocycles. The Morgan fingerprint density at radius 1 is 1.08 bits per heavy atom. The summed E-state index contributed by atoms with van der Waals surface area (Å²) in [6, 6.07) is 11.1. The molecule has 0 bridgehead atoms. The molecule has 0 aliphatic heterocycles. The van der Waals surface area contributed by atoms with Gasteiger partial charge in [0.1, 0.15) is 0 Å². The number of nitrogens with one attached hydrogen (secondary N) is 1. The average Bonchev–Trinajstić information content (AvgIpc) is 2.54. The van der Waals surface area contributed by atoms with Crippen LogP contribution >= 0.6 is 11.6 Å².